The Morgan fingerprint density at radius 1 is 1.37 bits per heavy atom. The SMILES string of the molecule is Cc1ccc([N+](=O)[O-])c(N2CCN(CC#N)CC2)c1. The average molecular weight is 260 g/mol. The van der Waals surface area contributed by atoms with Crippen molar-refractivity contribution in [3.05, 3.63) is 33.9 Å². The maximum atomic E-state index is 11.1. The van der Waals surface area contributed by atoms with Crippen molar-refractivity contribution in [2.75, 3.05) is 37.6 Å². The van der Waals surface area contributed by atoms with Gasteiger partial charge in [-0.25, -0.2) is 0 Å². The lowest BCUT2D eigenvalue weighted by Gasteiger charge is -2.34. The minimum atomic E-state index is -0.337. The first kappa shape index (κ1) is 13.3. The Hall–Kier alpha value is -2.13. The standard InChI is InChI=1S/C13H16N4O2/c1-11-2-3-12(17(18)19)13(10-11)16-8-6-15(5-4-14)7-9-16/h2-3,10H,5-9H2,1H3. The van der Waals surface area contributed by atoms with E-state index in [2.05, 4.69) is 11.0 Å². The molecule has 0 aromatic heterocycles. The molecule has 19 heavy (non-hydrogen) atoms. The number of nitriles is 1. The maximum Gasteiger partial charge on any atom is 0.292 e. The van der Waals surface area contributed by atoms with Crippen LogP contribution >= 0.6 is 0 Å². The summed E-state index contributed by atoms with van der Waals surface area (Å²) in [6.07, 6.45) is 0. The summed E-state index contributed by atoms with van der Waals surface area (Å²) < 4.78 is 0. The zero-order chi connectivity index (χ0) is 13.8. The van der Waals surface area contributed by atoms with Crippen molar-refractivity contribution >= 4 is 11.4 Å². The maximum absolute atomic E-state index is 11.1. The van der Waals surface area contributed by atoms with Crippen molar-refractivity contribution in [3.8, 4) is 6.07 Å². The molecule has 100 valence electrons. The second-order valence-electron chi connectivity index (χ2n) is 4.67. The lowest BCUT2D eigenvalue weighted by atomic mass is 10.1. The van der Waals surface area contributed by atoms with Crippen LogP contribution in [0.1, 0.15) is 5.56 Å². The number of benzene rings is 1. The molecule has 0 N–H and O–H groups in total. The molecule has 0 unspecified atom stereocenters. The summed E-state index contributed by atoms with van der Waals surface area (Å²) >= 11 is 0. The van der Waals surface area contributed by atoms with Crippen LogP contribution in [0.5, 0.6) is 0 Å². The lowest BCUT2D eigenvalue weighted by Crippen LogP contribution is -2.46. The van der Waals surface area contributed by atoms with Gasteiger partial charge in [0.15, 0.2) is 0 Å². The van der Waals surface area contributed by atoms with Crippen LogP contribution in [0, 0.1) is 28.4 Å². The van der Waals surface area contributed by atoms with E-state index in [0.717, 1.165) is 18.7 Å². The Morgan fingerprint density at radius 2 is 2.05 bits per heavy atom. The summed E-state index contributed by atoms with van der Waals surface area (Å²) in [5.41, 5.74) is 1.85. The molecule has 1 heterocycles. The molecule has 6 heteroatoms. The molecule has 0 aliphatic carbocycles. The van der Waals surface area contributed by atoms with Crippen LogP contribution in [0.2, 0.25) is 0 Å². The molecule has 0 radical (unpaired) electrons. The van der Waals surface area contributed by atoms with Crippen LogP contribution in [-0.4, -0.2) is 42.5 Å². The van der Waals surface area contributed by atoms with Crippen molar-refractivity contribution in [2.24, 2.45) is 0 Å². The number of nitrogens with zero attached hydrogens (tertiary/aromatic N) is 4. The molecule has 6 nitrogen and oxygen atoms in total. The molecular weight excluding hydrogens is 244 g/mol. The molecule has 1 saturated heterocycles. The van der Waals surface area contributed by atoms with Gasteiger partial charge in [0.1, 0.15) is 5.69 Å². The zero-order valence-electron chi connectivity index (χ0n) is 10.9. The molecule has 0 saturated carbocycles. The fraction of sp³-hybridized carbons (Fsp3) is 0.462. The molecule has 1 aromatic carbocycles. The van der Waals surface area contributed by atoms with E-state index in [-0.39, 0.29) is 10.6 Å². The van der Waals surface area contributed by atoms with Crippen molar-refractivity contribution in [3.63, 3.8) is 0 Å². The second-order valence-corrected chi connectivity index (χ2v) is 4.67. The van der Waals surface area contributed by atoms with Gasteiger partial charge in [-0.1, -0.05) is 6.07 Å². The van der Waals surface area contributed by atoms with Crippen LogP contribution in [-0.2, 0) is 0 Å². The smallest absolute Gasteiger partial charge is 0.292 e. The van der Waals surface area contributed by atoms with Crippen molar-refractivity contribution < 1.29 is 4.92 Å². The fourth-order valence-electron chi connectivity index (χ4n) is 2.29. The van der Waals surface area contributed by atoms with Gasteiger partial charge in [-0.05, 0) is 18.6 Å². The molecule has 2 rings (SSSR count). The second kappa shape index (κ2) is 5.67. The molecule has 1 aliphatic heterocycles. The van der Waals surface area contributed by atoms with Crippen molar-refractivity contribution in [1.29, 1.82) is 5.26 Å². The third-order valence-corrected chi connectivity index (χ3v) is 3.33. The first-order valence-electron chi connectivity index (χ1n) is 6.21. The van der Waals surface area contributed by atoms with Gasteiger partial charge in [-0.15, -0.1) is 0 Å². The van der Waals surface area contributed by atoms with Gasteiger partial charge < -0.3 is 4.90 Å². The third kappa shape index (κ3) is 3.01. The highest BCUT2D eigenvalue weighted by molar-refractivity contribution is 5.64. The monoisotopic (exact) mass is 260 g/mol. The molecular formula is C13H16N4O2. The normalized spacial score (nSPS) is 16.1. The van der Waals surface area contributed by atoms with E-state index >= 15 is 0 Å². The Bertz CT molecular complexity index is 516. The Balaban J connectivity index is 2.17. The van der Waals surface area contributed by atoms with Gasteiger partial charge in [0, 0.05) is 32.2 Å². The first-order valence-corrected chi connectivity index (χ1v) is 6.21. The fourth-order valence-corrected chi connectivity index (χ4v) is 2.29. The third-order valence-electron chi connectivity index (χ3n) is 3.33. The van der Waals surface area contributed by atoms with E-state index in [0.29, 0.717) is 25.3 Å². The van der Waals surface area contributed by atoms with E-state index in [9.17, 15) is 10.1 Å². The number of nitro benzene ring substituents is 1. The Labute approximate surface area is 112 Å². The highest BCUT2D eigenvalue weighted by Gasteiger charge is 2.23. The van der Waals surface area contributed by atoms with Crippen molar-refractivity contribution in [1.82, 2.24) is 4.90 Å². The van der Waals surface area contributed by atoms with Gasteiger partial charge in [0.25, 0.3) is 5.69 Å². The summed E-state index contributed by atoms with van der Waals surface area (Å²) in [5.74, 6) is 0. The van der Waals surface area contributed by atoms with E-state index in [1.54, 1.807) is 12.1 Å². The number of hydrogen-bond donors (Lipinski definition) is 0. The summed E-state index contributed by atoms with van der Waals surface area (Å²) in [5, 5.41) is 19.7. The quantitative estimate of drug-likeness (QED) is 0.468. The molecule has 0 atom stereocenters. The van der Waals surface area contributed by atoms with Gasteiger partial charge in [-0.2, -0.15) is 5.26 Å². The predicted molar refractivity (Wildman–Crippen MR) is 72.1 cm³/mol. The first-order chi connectivity index (χ1) is 9.11. The van der Waals surface area contributed by atoms with Gasteiger partial charge >= 0.3 is 0 Å². The Kier molecular flexibility index (Phi) is 3.97. The number of aryl methyl sites for hydroxylation is 1. The van der Waals surface area contributed by atoms with Gasteiger partial charge in [0.05, 0.1) is 17.5 Å². The van der Waals surface area contributed by atoms with E-state index < -0.39 is 0 Å². The van der Waals surface area contributed by atoms with Gasteiger partial charge in [0.2, 0.25) is 0 Å². The highest BCUT2D eigenvalue weighted by atomic mass is 16.6. The van der Waals surface area contributed by atoms with Crippen LogP contribution < -0.4 is 4.90 Å². The zero-order valence-corrected chi connectivity index (χ0v) is 10.9. The molecule has 0 spiro atoms. The number of piperazine rings is 1. The number of hydrogen-bond acceptors (Lipinski definition) is 5. The number of anilines is 1. The van der Waals surface area contributed by atoms with E-state index in [4.69, 9.17) is 5.26 Å². The predicted octanol–water partition coefficient (Wildman–Crippen LogP) is 1.55. The van der Waals surface area contributed by atoms with Crippen LogP contribution in [0.4, 0.5) is 11.4 Å². The minimum Gasteiger partial charge on any atom is -0.363 e. The molecule has 1 fully saturated rings. The van der Waals surface area contributed by atoms with Crippen molar-refractivity contribution in [2.45, 2.75) is 6.92 Å². The van der Waals surface area contributed by atoms with Crippen LogP contribution in [0.3, 0.4) is 0 Å². The molecule has 0 bridgehead atoms. The molecule has 1 aromatic rings. The van der Waals surface area contributed by atoms with Crippen LogP contribution in [0.15, 0.2) is 18.2 Å². The van der Waals surface area contributed by atoms with Gasteiger partial charge in [-0.3, -0.25) is 15.0 Å². The summed E-state index contributed by atoms with van der Waals surface area (Å²) in [6.45, 7) is 5.30. The Morgan fingerprint density at radius 3 is 2.63 bits per heavy atom. The minimum absolute atomic E-state index is 0.152. The average Bonchev–Trinajstić information content (AvgIpc) is 2.39. The van der Waals surface area contributed by atoms with E-state index in [1.807, 2.05) is 17.9 Å². The lowest BCUT2D eigenvalue weighted by molar-refractivity contribution is -0.384. The molecule has 0 amide bonds. The largest absolute Gasteiger partial charge is 0.363 e. The molecule has 1 aliphatic rings. The summed E-state index contributed by atoms with van der Waals surface area (Å²) in [7, 11) is 0. The van der Waals surface area contributed by atoms with Crippen LogP contribution in [0.25, 0.3) is 0 Å². The number of rotatable bonds is 3. The van der Waals surface area contributed by atoms with E-state index in [1.165, 1.54) is 0 Å². The topological polar surface area (TPSA) is 73.4 Å². The number of nitro groups is 1. The highest BCUT2D eigenvalue weighted by Crippen LogP contribution is 2.29. The summed E-state index contributed by atoms with van der Waals surface area (Å²) in [6, 6.07) is 7.31. The summed E-state index contributed by atoms with van der Waals surface area (Å²) in [4.78, 5) is 14.8.